The molecule has 2 aliphatic rings. The molecular weight excluding hydrogens is 370 g/mol. The van der Waals surface area contributed by atoms with Gasteiger partial charge in [-0.2, -0.15) is 4.98 Å². The van der Waals surface area contributed by atoms with Crippen molar-refractivity contribution in [2.24, 2.45) is 0 Å². The van der Waals surface area contributed by atoms with E-state index in [1.165, 1.54) is 0 Å². The van der Waals surface area contributed by atoms with Crippen LogP contribution in [-0.4, -0.2) is 21.8 Å². The van der Waals surface area contributed by atoms with Gasteiger partial charge in [0, 0.05) is 11.4 Å². The van der Waals surface area contributed by atoms with Gasteiger partial charge in [-0.15, -0.1) is 0 Å². The molecule has 1 aromatic carbocycles. The second kappa shape index (κ2) is 6.41. The molecule has 2 heterocycles. The van der Waals surface area contributed by atoms with Crippen LogP contribution in [0.1, 0.15) is 63.4 Å². The summed E-state index contributed by atoms with van der Waals surface area (Å²) < 4.78 is 16.7. The van der Waals surface area contributed by atoms with Gasteiger partial charge < -0.3 is 19.3 Å². The van der Waals surface area contributed by atoms with Crippen LogP contribution in [0, 0.1) is 0 Å². The second-order valence-corrected chi connectivity index (χ2v) is 8.52. The number of hydrogen-bond acceptors (Lipinski definition) is 6. The smallest absolute Gasteiger partial charge is 0.408 e. The standard InChI is InChI=1S/C19H22ClN3O4/c1-18(2,3)26-17(24)22-19(7-4-8-19)16-21-15(27-23-16)14-10-11-9-12(20)5-6-13(11)25-14/h5-6,9,14H,4,7-8,10H2,1-3H3,(H,22,24). The molecule has 8 heteroatoms. The number of halogens is 1. The predicted molar refractivity (Wildman–Crippen MR) is 97.7 cm³/mol. The molecule has 1 fully saturated rings. The molecule has 1 saturated carbocycles. The van der Waals surface area contributed by atoms with E-state index in [0.29, 0.717) is 23.2 Å². The molecule has 1 unspecified atom stereocenters. The zero-order chi connectivity index (χ0) is 19.2. The van der Waals surface area contributed by atoms with Gasteiger partial charge in [0.1, 0.15) is 16.9 Å². The SMILES string of the molecule is CC(C)(C)OC(=O)NC1(c2noc(C3Cc4cc(Cl)ccc4O3)n2)CCC1. The van der Waals surface area contributed by atoms with E-state index in [2.05, 4.69) is 15.5 Å². The van der Waals surface area contributed by atoms with E-state index in [0.717, 1.165) is 30.6 Å². The van der Waals surface area contributed by atoms with Crippen LogP contribution in [0.25, 0.3) is 0 Å². The van der Waals surface area contributed by atoms with E-state index in [-0.39, 0.29) is 6.10 Å². The van der Waals surface area contributed by atoms with Crippen molar-refractivity contribution in [1.82, 2.24) is 15.5 Å². The number of alkyl carbamates (subject to hydrolysis) is 1. The summed E-state index contributed by atoms with van der Waals surface area (Å²) in [6, 6.07) is 5.51. The number of carbonyl (C=O) groups excluding carboxylic acids is 1. The number of fused-ring (bicyclic) bond motifs is 1. The molecule has 1 N–H and O–H groups in total. The Kier molecular flexibility index (Phi) is 4.29. The first-order chi connectivity index (χ1) is 12.7. The Balaban J connectivity index is 1.49. The topological polar surface area (TPSA) is 86.5 Å². The van der Waals surface area contributed by atoms with E-state index in [9.17, 15) is 4.79 Å². The first-order valence-electron chi connectivity index (χ1n) is 9.04. The van der Waals surface area contributed by atoms with Crippen LogP contribution >= 0.6 is 11.6 Å². The van der Waals surface area contributed by atoms with Crippen molar-refractivity contribution in [3.05, 3.63) is 40.5 Å². The first-order valence-corrected chi connectivity index (χ1v) is 9.42. The number of nitrogens with one attached hydrogen (secondary N) is 1. The van der Waals surface area contributed by atoms with Crippen molar-refractivity contribution in [3.8, 4) is 5.75 Å². The quantitative estimate of drug-likeness (QED) is 0.839. The molecule has 144 valence electrons. The molecule has 0 bridgehead atoms. The Labute approximate surface area is 162 Å². The maximum absolute atomic E-state index is 12.2. The van der Waals surface area contributed by atoms with E-state index in [4.69, 9.17) is 25.6 Å². The van der Waals surface area contributed by atoms with Gasteiger partial charge in [0.15, 0.2) is 11.9 Å². The Morgan fingerprint density at radius 3 is 2.81 bits per heavy atom. The largest absolute Gasteiger partial charge is 0.480 e. The summed E-state index contributed by atoms with van der Waals surface area (Å²) in [5, 5.41) is 7.72. The highest BCUT2D eigenvalue weighted by Crippen LogP contribution is 2.42. The molecule has 1 amide bonds. The Bertz CT molecular complexity index is 870. The van der Waals surface area contributed by atoms with Crippen LogP contribution in [0.4, 0.5) is 4.79 Å². The zero-order valence-corrected chi connectivity index (χ0v) is 16.3. The van der Waals surface area contributed by atoms with E-state index >= 15 is 0 Å². The number of benzene rings is 1. The van der Waals surface area contributed by atoms with Gasteiger partial charge in [-0.05, 0) is 63.8 Å². The minimum absolute atomic E-state index is 0.349. The number of carbonyl (C=O) groups is 1. The fourth-order valence-electron chi connectivity index (χ4n) is 3.35. The van der Waals surface area contributed by atoms with Gasteiger partial charge in [0.25, 0.3) is 5.89 Å². The van der Waals surface area contributed by atoms with Crippen LogP contribution in [0.5, 0.6) is 5.75 Å². The van der Waals surface area contributed by atoms with Crippen LogP contribution in [0.15, 0.2) is 22.7 Å². The number of rotatable bonds is 3. The van der Waals surface area contributed by atoms with E-state index < -0.39 is 17.2 Å². The van der Waals surface area contributed by atoms with Crippen molar-refractivity contribution in [3.63, 3.8) is 0 Å². The summed E-state index contributed by atoms with van der Waals surface area (Å²) in [7, 11) is 0. The first kappa shape index (κ1) is 18.1. The van der Waals surface area contributed by atoms with Gasteiger partial charge in [0.05, 0.1) is 0 Å². The van der Waals surface area contributed by atoms with Crippen LogP contribution in [0.2, 0.25) is 5.02 Å². The average Bonchev–Trinajstić information content (AvgIpc) is 3.15. The normalized spacial score (nSPS) is 20.4. The molecule has 0 saturated heterocycles. The minimum Gasteiger partial charge on any atom is -0.480 e. The maximum Gasteiger partial charge on any atom is 0.408 e. The maximum atomic E-state index is 12.2. The third-order valence-corrected chi connectivity index (χ3v) is 5.02. The highest BCUT2D eigenvalue weighted by atomic mass is 35.5. The summed E-state index contributed by atoms with van der Waals surface area (Å²) >= 11 is 6.04. The van der Waals surface area contributed by atoms with Crippen LogP contribution in [0.3, 0.4) is 0 Å². The Morgan fingerprint density at radius 1 is 1.37 bits per heavy atom. The molecule has 7 nitrogen and oxygen atoms in total. The minimum atomic E-state index is -0.640. The predicted octanol–water partition coefficient (Wildman–Crippen LogP) is 4.30. The molecule has 4 rings (SSSR count). The number of amides is 1. The Hall–Kier alpha value is -2.28. The van der Waals surface area contributed by atoms with Crippen LogP contribution in [-0.2, 0) is 16.7 Å². The van der Waals surface area contributed by atoms with E-state index in [1.807, 2.05) is 32.9 Å². The van der Waals surface area contributed by atoms with Gasteiger partial charge in [-0.3, -0.25) is 0 Å². The van der Waals surface area contributed by atoms with Crippen molar-refractivity contribution >= 4 is 17.7 Å². The monoisotopic (exact) mass is 391 g/mol. The average molecular weight is 392 g/mol. The molecule has 2 aromatic rings. The third-order valence-electron chi connectivity index (χ3n) is 4.79. The van der Waals surface area contributed by atoms with Gasteiger partial charge in [-0.1, -0.05) is 16.8 Å². The fourth-order valence-corrected chi connectivity index (χ4v) is 3.54. The summed E-state index contributed by atoms with van der Waals surface area (Å²) in [5.74, 6) is 1.64. The van der Waals surface area contributed by atoms with Crippen molar-refractivity contribution in [2.45, 2.75) is 63.7 Å². The molecular formula is C19H22ClN3O4. The van der Waals surface area contributed by atoms with Crippen molar-refractivity contribution < 1.29 is 18.8 Å². The lowest BCUT2D eigenvalue weighted by molar-refractivity contribution is 0.0362. The lowest BCUT2D eigenvalue weighted by atomic mass is 9.76. The fraction of sp³-hybridized carbons (Fsp3) is 0.526. The Morgan fingerprint density at radius 2 is 2.15 bits per heavy atom. The van der Waals surface area contributed by atoms with Crippen LogP contribution < -0.4 is 10.1 Å². The number of ether oxygens (including phenoxy) is 2. The van der Waals surface area contributed by atoms with Gasteiger partial charge in [-0.25, -0.2) is 4.79 Å². The lowest BCUT2D eigenvalue weighted by Crippen LogP contribution is -2.52. The second-order valence-electron chi connectivity index (χ2n) is 8.08. The number of hydrogen-bond donors (Lipinski definition) is 1. The van der Waals surface area contributed by atoms with Gasteiger partial charge in [0.2, 0.25) is 0 Å². The van der Waals surface area contributed by atoms with E-state index in [1.54, 1.807) is 6.07 Å². The summed E-state index contributed by atoms with van der Waals surface area (Å²) in [6.07, 6.45) is 2.25. The molecule has 1 aromatic heterocycles. The molecule has 27 heavy (non-hydrogen) atoms. The third kappa shape index (κ3) is 3.60. The summed E-state index contributed by atoms with van der Waals surface area (Å²) in [4.78, 5) is 16.8. The molecule has 1 aliphatic carbocycles. The molecule has 0 radical (unpaired) electrons. The lowest BCUT2D eigenvalue weighted by Gasteiger charge is -2.39. The van der Waals surface area contributed by atoms with Crippen molar-refractivity contribution in [2.75, 3.05) is 0 Å². The zero-order valence-electron chi connectivity index (χ0n) is 15.5. The highest BCUT2D eigenvalue weighted by Gasteiger charge is 2.46. The number of aromatic nitrogens is 2. The highest BCUT2D eigenvalue weighted by molar-refractivity contribution is 6.30. The molecule has 1 aliphatic heterocycles. The molecule has 1 atom stereocenters. The molecule has 0 spiro atoms. The van der Waals surface area contributed by atoms with Crippen molar-refractivity contribution in [1.29, 1.82) is 0 Å². The summed E-state index contributed by atoms with van der Waals surface area (Å²) in [6.45, 7) is 5.48. The van der Waals surface area contributed by atoms with Gasteiger partial charge >= 0.3 is 6.09 Å². The summed E-state index contributed by atoms with van der Waals surface area (Å²) in [5.41, 5.74) is -0.196. The number of nitrogens with zero attached hydrogens (tertiary/aromatic N) is 2.